The number of benzene rings is 1. The van der Waals surface area contributed by atoms with Crippen molar-refractivity contribution in [2.24, 2.45) is 11.8 Å². The molecule has 118 valence electrons. The molecule has 2 heteroatoms. The van der Waals surface area contributed by atoms with Crippen molar-refractivity contribution in [3.8, 4) is 0 Å². The molecule has 3 atom stereocenters. The maximum absolute atomic E-state index is 6.25. The Morgan fingerprint density at radius 3 is 2.87 bits per heavy atom. The average Bonchev–Trinajstić information content (AvgIpc) is 2.60. The molecule has 0 unspecified atom stereocenters. The van der Waals surface area contributed by atoms with Crippen molar-refractivity contribution in [2.45, 2.75) is 32.4 Å². The molecule has 0 radical (unpaired) electrons. The Morgan fingerprint density at radius 2 is 2.00 bits per heavy atom. The fourth-order valence-electron chi connectivity index (χ4n) is 3.93. The van der Waals surface area contributed by atoms with Crippen LogP contribution < -0.4 is 4.57 Å². The van der Waals surface area contributed by atoms with Gasteiger partial charge in [0.05, 0.1) is 12.7 Å². The maximum Gasteiger partial charge on any atom is 0.174 e. The van der Waals surface area contributed by atoms with Gasteiger partial charge >= 0.3 is 0 Å². The SMILES string of the molecule is CC1=CC[C@H]2CO[C@@H](c3ccc[n+](Cc4ccccc4)c3)[C@H]1C2. The minimum Gasteiger partial charge on any atom is -0.372 e. The molecule has 0 saturated carbocycles. The molecule has 2 aromatic rings. The Labute approximate surface area is 138 Å². The smallest absolute Gasteiger partial charge is 0.174 e. The number of nitrogens with zero attached hydrogens (tertiary/aromatic N) is 1. The highest BCUT2D eigenvalue weighted by Crippen LogP contribution is 2.43. The third kappa shape index (κ3) is 3.09. The molecule has 0 N–H and O–H groups in total. The molecule has 4 rings (SSSR count). The van der Waals surface area contributed by atoms with E-state index in [1.165, 1.54) is 29.5 Å². The molecular weight excluding hydrogens is 282 g/mol. The zero-order chi connectivity index (χ0) is 15.6. The van der Waals surface area contributed by atoms with Gasteiger partial charge < -0.3 is 4.74 Å². The quantitative estimate of drug-likeness (QED) is 0.615. The molecule has 0 amide bonds. The molecule has 1 aromatic carbocycles. The molecule has 1 aliphatic carbocycles. The van der Waals surface area contributed by atoms with Crippen LogP contribution in [-0.2, 0) is 11.3 Å². The lowest BCUT2D eigenvalue weighted by molar-refractivity contribution is -0.689. The first-order valence-electron chi connectivity index (χ1n) is 8.61. The molecule has 1 saturated heterocycles. The van der Waals surface area contributed by atoms with E-state index in [1.54, 1.807) is 0 Å². The van der Waals surface area contributed by atoms with Crippen LogP contribution in [0.15, 0.2) is 66.5 Å². The first-order valence-corrected chi connectivity index (χ1v) is 8.61. The summed E-state index contributed by atoms with van der Waals surface area (Å²) in [6.45, 7) is 4.07. The molecule has 1 fully saturated rings. The Bertz CT molecular complexity index is 707. The molecule has 23 heavy (non-hydrogen) atoms. The van der Waals surface area contributed by atoms with Crippen LogP contribution in [0, 0.1) is 11.8 Å². The molecule has 2 nitrogen and oxygen atoms in total. The van der Waals surface area contributed by atoms with Gasteiger partial charge in [-0.15, -0.1) is 0 Å². The second-order valence-electron chi connectivity index (χ2n) is 6.94. The van der Waals surface area contributed by atoms with E-state index in [0.717, 1.165) is 19.1 Å². The number of allylic oxidation sites excluding steroid dienone is 1. The minimum atomic E-state index is 0.214. The van der Waals surface area contributed by atoms with Crippen LogP contribution in [0.3, 0.4) is 0 Å². The van der Waals surface area contributed by atoms with E-state index in [2.05, 4.69) is 72.4 Å². The molecule has 2 heterocycles. The summed E-state index contributed by atoms with van der Waals surface area (Å²) in [4.78, 5) is 0. The summed E-state index contributed by atoms with van der Waals surface area (Å²) in [5.41, 5.74) is 4.14. The van der Waals surface area contributed by atoms with Crippen LogP contribution in [0.4, 0.5) is 0 Å². The number of ether oxygens (including phenoxy) is 1. The van der Waals surface area contributed by atoms with E-state index < -0.39 is 0 Å². The van der Waals surface area contributed by atoms with Crippen LogP contribution in [0.25, 0.3) is 0 Å². The van der Waals surface area contributed by atoms with Gasteiger partial charge in [-0.2, -0.15) is 0 Å². The Hall–Kier alpha value is -1.93. The number of fused-ring (bicyclic) bond motifs is 2. The van der Waals surface area contributed by atoms with Gasteiger partial charge in [0.15, 0.2) is 18.9 Å². The fourth-order valence-corrected chi connectivity index (χ4v) is 3.93. The summed E-state index contributed by atoms with van der Waals surface area (Å²) < 4.78 is 8.52. The Kier molecular flexibility index (Phi) is 4.00. The van der Waals surface area contributed by atoms with E-state index in [1.807, 2.05) is 0 Å². The van der Waals surface area contributed by atoms with E-state index in [0.29, 0.717) is 5.92 Å². The van der Waals surface area contributed by atoms with Crippen LogP contribution >= 0.6 is 0 Å². The van der Waals surface area contributed by atoms with E-state index in [4.69, 9.17) is 4.74 Å². The number of pyridine rings is 1. The third-order valence-electron chi connectivity index (χ3n) is 5.24. The molecule has 2 aliphatic rings. The van der Waals surface area contributed by atoms with Gasteiger partial charge in [0, 0.05) is 23.1 Å². The number of hydrogen-bond donors (Lipinski definition) is 0. The molecular formula is C21H24NO+. The molecule has 1 aromatic heterocycles. The summed E-state index contributed by atoms with van der Waals surface area (Å²) in [6, 6.07) is 15.0. The van der Waals surface area contributed by atoms with Crippen molar-refractivity contribution in [3.05, 3.63) is 77.6 Å². The lowest BCUT2D eigenvalue weighted by atomic mass is 9.75. The van der Waals surface area contributed by atoms with E-state index in [-0.39, 0.29) is 6.10 Å². The van der Waals surface area contributed by atoms with Gasteiger partial charge in [-0.25, -0.2) is 4.57 Å². The van der Waals surface area contributed by atoms with Crippen LogP contribution in [0.5, 0.6) is 0 Å². The molecule has 1 aliphatic heterocycles. The highest BCUT2D eigenvalue weighted by molar-refractivity contribution is 5.20. The normalized spacial score (nSPS) is 26.7. The fraction of sp³-hybridized carbons (Fsp3) is 0.381. The molecule has 0 spiro atoms. The van der Waals surface area contributed by atoms with Gasteiger partial charge in [0.2, 0.25) is 0 Å². The summed E-state index contributed by atoms with van der Waals surface area (Å²) in [7, 11) is 0. The van der Waals surface area contributed by atoms with Crippen molar-refractivity contribution in [1.29, 1.82) is 0 Å². The van der Waals surface area contributed by atoms with Gasteiger partial charge in [0.25, 0.3) is 0 Å². The van der Waals surface area contributed by atoms with Crippen molar-refractivity contribution < 1.29 is 9.30 Å². The number of rotatable bonds is 3. The van der Waals surface area contributed by atoms with Crippen LogP contribution in [0.2, 0.25) is 0 Å². The summed E-state index contributed by atoms with van der Waals surface area (Å²) >= 11 is 0. The lowest BCUT2D eigenvalue weighted by Gasteiger charge is -2.39. The van der Waals surface area contributed by atoms with Crippen LogP contribution in [0.1, 0.15) is 37.0 Å². The summed E-state index contributed by atoms with van der Waals surface area (Å²) in [6.07, 6.45) is 9.52. The topological polar surface area (TPSA) is 13.1 Å². The van der Waals surface area contributed by atoms with Gasteiger partial charge in [-0.05, 0) is 31.7 Å². The maximum atomic E-state index is 6.25. The predicted octanol–water partition coefficient (Wildman–Crippen LogP) is 4.07. The van der Waals surface area contributed by atoms with E-state index in [9.17, 15) is 0 Å². The zero-order valence-electron chi connectivity index (χ0n) is 13.7. The lowest BCUT2D eigenvalue weighted by Crippen LogP contribution is -2.37. The van der Waals surface area contributed by atoms with Crippen molar-refractivity contribution in [3.63, 3.8) is 0 Å². The second-order valence-corrected chi connectivity index (χ2v) is 6.94. The zero-order valence-corrected chi connectivity index (χ0v) is 13.7. The predicted molar refractivity (Wildman–Crippen MR) is 90.8 cm³/mol. The number of hydrogen-bond acceptors (Lipinski definition) is 1. The molecule has 2 bridgehead atoms. The van der Waals surface area contributed by atoms with E-state index >= 15 is 0 Å². The average molecular weight is 306 g/mol. The highest BCUT2D eigenvalue weighted by Gasteiger charge is 2.36. The Balaban J connectivity index is 1.58. The van der Waals surface area contributed by atoms with Gasteiger partial charge in [-0.3, -0.25) is 0 Å². The third-order valence-corrected chi connectivity index (χ3v) is 5.24. The highest BCUT2D eigenvalue weighted by atomic mass is 16.5. The minimum absolute atomic E-state index is 0.214. The number of aromatic nitrogens is 1. The van der Waals surface area contributed by atoms with Gasteiger partial charge in [0.1, 0.15) is 0 Å². The van der Waals surface area contributed by atoms with Crippen LogP contribution in [-0.4, -0.2) is 6.61 Å². The first kappa shape index (κ1) is 14.6. The largest absolute Gasteiger partial charge is 0.372 e. The van der Waals surface area contributed by atoms with Crippen molar-refractivity contribution in [1.82, 2.24) is 0 Å². The van der Waals surface area contributed by atoms with Crippen molar-refractivity contribution in [2.75, 3.05) is 6.61 Å². The standard InChI is InChI=1S/C21H24NO/c1-16-9-10-18-12-20(16)21(23-15-18)19-8-5-11-22(14-19)13-17-6-3-2-4-7-17/h2-9,11,14,18,20-21H,10,12-13,15H2,1H3/q+1/t18-,20+,21+/m1/s1. The second kappa shape index (κ2) is 6.29. The summed E-state index contributed by atoms with van der Waals surface area (Å²) in [5, 5.41) is 0. The van der Waals surface area contributed by atoms with Crippen molar-refractivity contribution >= 4 is 0 Å². The monoisotopic (exact) mass is 306 g/mol. The first-order chi connectivity index (χ1) is 11.3. The summed E-state index contributed by atoms with van der Waals surface area (Å²) in [5.74, 6) is 1.27. The Morgan fingerprint density at radius 1 is 1.13 bits per heavy atom. The van der Waals surface area contributed by atoms with Gasteiger partial charge in [-0.1, -0.05) is 42.0 Å².